The summed E-state index contributed by atoms with van der Waals surface area (Å²) < 4.78 is 4.60. The van der Waals surface area contributed by atoms with Crippen molar-refractivity contribution in [2.45, 2.75) is 25.0 Å². The van der Waals surface area contributed by atoms with E-state index < -0.39 is 12.2 Å². The summed E-state index contributed by atoms with van der Waals surface area (Å²) in [6, 6.07) is 0. The molecule has 13 heavy (non-hydrogen) atoms. The lowest BCUT2D eigenvalue weighted by molar-refractivity contribution is -0.143. The van der Waals surface area contributed by atoms with Gasteiger partial charge in [0.2, 0.25) is 0 Å². The maximum Gasteiger partial charge on any atom is 0.309 e. The molecule has 0 saturated heterocycles. The van der Waals surface area contributed by atoms with E-state index in [1.54, 1.807) is 0 Å². The molecule has 0 spiro atoms. The van der Waals surface area contributed by atoms with Crippen LogP contribution in [0.25, 0.3) is 0 Å². The zero-order valence-electron chi connectivity index (χ0n) is 7.51. The molecular formula is C9H14O4. The van der Waals surface area contributed by atoms with Crippen LogP contribution in [-0.2, 0) is 9.53 Å². The molecular weight excluding hydrogens is 172 g/mol. The van der Waals surface area contributed by atoms with Crippen LogP contribution >= 0.6 is 0 Å². The Bertz CT molecular complexity index is 212. The molecule has 2 aliphatic carbocycles. The Balaban J connectivity index is 2.06. The molecule has 74 valence electrons. The highest BCUT2D eigenvalue weighted by Gasteiger charge is 2.63. The summed E-state index contributed by atoms with van der Waals surface area (Å²) in [5, 5.41) is 19.1. The third kappa shape index (κ3) is 1.25. The summed E-state index contributed by atoms with van der Waals surface area (Å²) in [7, 11) is 1.34. The highest BCUT2D eigenvalue weighted by atomic mass is 16.5. The molecule has 2 aliphatic rings. The van der Waals surface area contributed by atoms with Gasteiger partial charge in [0.25, 0.3) is 0 Å². The zero-order chi connectivity index (χ0) is 9.59. The monoisotopic (exact) mass is 186 g/mol. The van der Waals surface area contributed by atoms with E-state index in [-0.39, 0.29) is 23.7 Å². The van der Waals surface area contributed by atoms with Crippen LogP contribution in [-0.4, -0.2) is 35.5 Å². The zero-order valence-corrected chi connectivity index (χ0v) is 7.51. The third-order valence-electron chi connectivity index (χ3n) is 3.25. The van der Waals surface area contributed by atoms with Gasteiger partial charge in [-0.05, 0) is 12.8 Å². The SMILES string of the molecule is COC(=O)C1C2C(O)CCC(O)C12. The molecule has 4 atom stereocenters. The van der Waals surface area contributed by atoms with Crippen molar-refractivity contribution in [3.05, 3.63) is 0 Å². The Morgan fingerprint density at radius 1 is 1.23 bits per heavy atom. The van der Waals surface area contributed by atoms with Crippen LogP contribution in [0, 0.1) is 17.8 Å². The first-order chi connectivity index (χ1) is 6.16. The Labute approximate surface area is 76.5 Å². The number of carbonyl (C=O) groups excluding carboxylic acids is 1. The van der Waals surface area contributed by atoms with Crippen molar-refractivity contribution < 1.29 is 19.7 Å². The Morgan fingerprint density at radius 3 is 2.08 bits per heavy atom. The fraction of sp³-hybridized carbons (Fsp3) is 0.889. The minimum absolute atomic E-state index is 0.0591. The molecule has 4 heteroatoms. The molecule has 0 amide bonds. The standard InChI is InChI=1S/C9H14O4/c1-13-9(12)8-6-4(10)2-3-5(11)7(6)8/h4-8,10-11H,2-3H2,1H3. The van der Waals surface area contributed by atoms with Crippen LogP contribution in [0.2, 0.25) is 0 Å². The Kier molecular flexibility index (Phi) is 2.04. The largest absolute Gasteiger partial charge is 0.469 e. The first-order valence-corrected chi connectivity index (χ1v) is 4.60. The molecule has 0 heterocycles. The van der Waals surface area contributed by atoms with Crippen molar-refractivity contribution in [1.82, 2.24) is 0 Å². The summed E-state index contributed by atoms with van der Waals surface area (Å²) in [6.07, 6.45) is 0.320. The molecule has 2 saturated carbocycles. The number of hydrogen-bond acceptors (Lipinski definition) is 4. The number of aliphatic hydroxyl groups is 2. The maximum atomic E-state index is 11.2. The van der Waals surface area contributed by atoms with Crippen molar-refractivity contribution in [1.29, 1.82) is 0 Å². The molecule has 2 rings (SSSR count). The van der Waals surface area contributed by atoms with Gasteiger partial charge >= 0.3 is 5.97 Å². The molecule has 0 aromatic heterocycles. The number of carbonyl (C=O) groups is 1. The summed E-state index contributed by atoms with van der Waals surface area (Å²) in [5.41, 5.74) is 0. The number of aliphatic hydroxyl groups excluding tert-OH is 2. The second-order valence-electron chi connectivity index (χ2n) is 3.92. The summed E-state index contributed by atoms with van der Waals surface area (Å²) >= 11 is 0. The highest BCUT2D eigenvalue weighted by Crippen LogP contribution is 2.55. The van der Waals surface area contributed by atoms with E-state index in [9.17, 15) is 15.0 Å². The van der Waals surface area contributed by atoms with Gasteiger partial charge in [-0.25, -0.2) is 0 Å². The van der Waals surface area contributed by atoms with Gasteiger partial charge in [-0.15, -0.1) is 0 Å². The normalized spacial score (nSPS) is 48.1. The van der Waals surface area contributed by atoms with Crippen LogP contribution in [0.4, 0.5) is 0 Å². The van der Waals surface area contributed by atoms with Gasteiger partial charge in [0.15, 0.2) is 0 Å². The lowest BCUT2D eigenvalue weighted by atomic mass is 9.95. The lowest BCUT2D eigenvalue weighted by Crippen LogP contribution is -2.24. The lowest BCUT2D eigenvalue weighted by Gasteiger charge is -2.19. The van der Waals surface area contributed by atoms with Crippen LogP contribution in [0.15, 0.2) is 0 Å². The van der Waals surface area contributed by atoms with E-state index in [2.05, 4.69) is 4.74 Å². The van der Waals surface area contributed by atoms with Crippen LogP contribution in [0.5, 0.6) is 0 Å². The molecule has 0 aromatic carbocycles. The van der Waals surface area contributed by atoms with E-state index in [4.69, 9.17) is 0 Å². The Hall–Kier alpha value is -0.610. The quantitative estimate of drug-likeness (QED) is 0.544. The Morgan fingerprint density at radius 2 is 1.69 bits per heavy atom. The van der Waals surface area contributed by atoms with E-state index >= 15 is 0 Å². The molecule has 0 aliphatic heterocycles. The summed E-state index contributed by atoms with van der Waals surface area (Å²) in [4.78, 5) is 11.2. The van der Waals surface area contributed by atoms with Crippen molar-refractivity contribution in [3.8, 4) is 0 Å². The topological polar surface area (TPSA) is 66.8 Å². The first kappa shape index (κ1) is 8.97. The van der Waals surface area contributed by atoms with Gasteiger partial charge in [0.1, 0.15) is 0 Å². The van der Waals surface area contributed by atoms with Crippen LogP contribution in [0.1, 0.15) is 12.8 Å². The van der Waals surface area contributed by atoms with Crippen LogP contribution in [0.3, 0.4) is 0 Å². The second-order valence-corrected chi connectivity index (χ2v) is 3.92. The van der Waals surface area contributed by atoms with E-state index in [0.29, 0.717) is 12.8 Å². The van der Waals surface area contributed by atoms with Gasteiger partial charge < -0.3 is 14.9 Å². The highest BCUT2D eigenvalue weighted by molar-refractivity contribution is 5.76. The van der Waals surface area contributed by atoms with E-state index in [1.165, 1.54) is 7.11 Å². The molecule has 4 unspecified atom stereocenters. The van der Waals surface area contributed by atoms with Crippen molar-refractivity contribution in [2.24, 2.45) is 17.8 Å². The van der Waals surface area contributed by atoms with E-state index in [0.717, 1.165) is 0 Å². The molecule has 0 bridgehead atoms. The van der Waals surface area contributed by atoms with Crippen molar-refractivity contribution >= 4 is 5.97 Å². The van der Waals surface area contributed by atoms with Gasteiger partial charge in [-0.3, -0.25) is 4.79 Å². The average Bonchev–Trinajstić information content (AvgIpc) is 2.86. The summed E-state index contributed by atoms with van der Waals surface area (Å²) in [6.45, 7) is 0. The molecule has 2 fully saturated rings. The number of hydrogen-bond donors (Lipinski definition) is 2. The van der Waals surface area contributed by atoms with Crippen LogP contribution < -0.4 is 0 Å². The number of esters is 1. The number of fused-ring (bicyclic) bond motifs is 1. The minimum Gasteiger partial charge on any atom is -0.469 e. The van der Waals surface area contributed by atoms with Crippen molar-refractivity contribution in [2.75, 3.05) is 7.11 Å². The predicted octanol–water partition coefficient (Wildman–Crippen LogP) is -0.463. The maximum absolute atomic E-state index is 11.2. The first-order valence-electron chi connectivity index (χ1n) is 4.60. The smallest absolute Gasteiger partial charge is 0.309 e. The molecule has 0 radical (unpaired) electrons. The van der Waals surface area contributed by atoms with Gasteiger partial charge in [-0.2, -0.15) is 0 Å². The van der Waals surface area contributed by atoms with Gasteiger partial charge in [0, 0.05) is 11.8 Å². The van der Waals surface area contributed by atoms with Crippen molar-refractivity contribution in [3.63, 3.8) is 0 Å². The average molecular weight is 186 g/mol. The molecule has 2 N–H and O–H groups in total. The van der Waals surface area contributed by atoms with Gasteiger partial charge in [0.05, 0.1) is 25.2 Å². The summed E-state index contributed by atoms with van der Waals surface area (Å²) in [5.74, 6) is -0.681. The molecule has 4 nitrogen and oxygen atoms in total. The van der Waals surface area contributed by atoms with E-state index in [1.807, 2.05) is 0 Å². The minimum atomic E-state index is -0.433. The molecule has 0 aromatic rings. The third-order valence-corrected chi connectivity index (χ3v) is 3.25. The fourth-order valence-corrected chi connectivity index (χ4v) is 2.53. The number of ether oxygens (including phenoxy) is 1. The predicted molar refractivity (Wildman–Crippen MR) is 43.7 cm³/mol. The number of rotatable bonds is 1. The number of methoxy groups -OCH3 is 1. The van der Waals surface area contributed by atoms with Gasteiger partial charge in [-0.1, -0.05) is 0 Å². The second kappa shape index (κ2) is 2.96. The fourth-order valence-electron chi connectivity index (χ4n) is 2.53.